The van der Waals surface area contributed by atoms with Crippen molar-refractivity contribution in [3.63, 3.8) is 0 Å². The molecule has 2 saturated carbocycles. The molecule has 3 nitrogen and oxygen atoms in total. The van der Waals surface area contributed by atoms with E-state index in [0.717, 1.165) is 10.8 Å². The molecule has 3 aliphatic heterocycles. The van der Waals surface area contributed by atoms with Gasteiger partial charge in [0.15, 0.2) is 0 Å². The molecule has 1 aromatic heterocycles. The molecule has 5 fully saturated rings. The van der Waals surface area contributed by atoms with Gasteiger partial charge in [0.1, 0.15) is 0 Å². The van der Waals surface area contributed by atoms with Crippen LogP contribution in [0, 0.1) is 5.92 Å². The van der Waals surface area contributed by atoms with Crippen LogP contribution in [0.1, 0.15) is 59.7 Å². The fraction of sp³-hybridized carbons (Fsp3) is 0.571. The molecular weight excluding hydrogens is 328 g/mol. The van der Waals surface area contributed by atoms with Gasteiger partial charge in [-0.15, -0.1) is 11.3 Å². The van der Waals surface area contributed by atoms with Gasteiger partial charge >= 0.3 is 0 Å². The number of thiophene rings is 1. The topological polar surface area (TPSA) is 32.3 Å². The van der Waals surface area contributed by atoms with E-state index in [9.17, 15) is 4.79 Å². The largest absolute Gasteiger partial charge is 0.346 e. The van der Waals surface area contributed by atoms with Crippen LogP contribution in [-0.4, -0.2) is 35.5 Å². The van der Waals surface area contributed by atoms with Gasteiger partial charge in [-0.3, -0.25) is 9.69 Å². The molecule has 2 bridgehead atoms. The first-order chi connectivity index (χ1) is 12.2. The molecule has 4 heterocycles. The quantitative estimate of drug-likeness (QED) is 0.900. The Morgan fingerprint density at radius 3 is 2.64 bits per heavy atom. The summed E-state index contributed by atoms with van der Waals surface area (Å²) in [4.78, 5) is 16.5. The van der Waals surface area contributed by atoms with Crippen molar-refractivity contribution in [1.29, 1.82) is 0 Å². The molecule has 4 heteroatoms. The Morgan fingerprint density at radius 1 is 1.12 bits per heavy atom. The van der Waals surface area contributed by atoms with Gasteiger partial charge in [-0.1, -0.05) is 12.1 Å². The maximum atomic E-state index is 13.0. The van der Waals surface area contributed by atoms with E-state index in [1.54, 1.807) is 11.3 Å². The van der Waals surface area contributed by atoms with Crippen molar-refractivity contribution in [3.05, 3.63) is 34.7 Å². The second-order valence-electron chi connectivity index (χ2n) is 8.56. The highest BCUT2D eigenvalue weighted by atomic mass is 32.1. The summed E-state index contributed by atoms with van der Waals surface area (Å²) >= 11 is 1.65. The Labute approximate surface area is 152 Å². The molecule has 1 atom stereocenters. The Balaban J connectivity index is 1.27. The Hall–Kier alpha value is -1.39. The van der Waals surface area contributed by atoms with Gasteiger partial charge in [0.2, 0.25) is 0 Å². The Kier molecular flexibility index (Phi) is 2.99. The number of hydrogen-bond donors (Lipinski definition) is 1. The summed E-state index contributed by atoms with van der Waals surface area (Å²) < 4.78 is 1.24. The lowest BCUT2D eigenvalue weighted by atomic mass is 9.77. The maximum Gasteiger partial charge on any atom is 0.261 e. The summed E-state index contributed by atoms with van der Waals surface area (Å²) in [6.07, 6.45) is 7.69. The first kappa shape index (κ1) is 14.7. The van der Waals surface area contributed by atoms with Crippen LogP contribution >= 0.6 is 11.3 Å². The van der Waals surface area contributed by atoms with Crippen LogP contribution in [0.25, 0.3) is 10.1 Å². The van der Waals surface area contributed by atoms with Gasteiger partial charge in [-0.05, 0) is 86.5 Å². The number of nitrogens with one attached hydrogen (secondary N) is 1. The van der Waals surface area contributed by atoms with Crippen LogP contribution in [0.4, 0.5) is 0 Å². The monoisotopic (exact) mass is 352 g/mol. The molecule has 2 aliphatic carbocycles. The van der Waals surface area contributed by atoms with E-state index in [-0.39, 0.29) is 5.91 Å². The second kappa shape index (κ2) is 5.08. The van der Waals surface area contributed by atoms with Crippen LogP contribution in [0.2, 0.25) is 0 Å². The molecule has 1 aromatic carbocycles. The zero-order valence-corrected chi connectivity index (χ0v) is 15.3. The normalized spacial score (nSPS) is 32.2. The number of piperidine rings is 3. The van der Waals surface area contributed by atoms with Crippen molar-refractivity contribution in [2.24, 2.45) is 5.92 Å². The number of amides is 1. The summed E-state index contributed by atoms with van der Waals surface area (Å²) in [5.74, 6) is 1.61. The molecule has 3 saturated heterocycles. The summed E-state index contributed by atoms with van der Waals surface area (Å²) in [6.45, 7) is 2.48. The third kappa shape index (κ3) is 2.23. The lowest BCUT2D eigenvalue weighted by Gasteiger charge is -2.52. The molecule has 5 aliphatic rings. The molecule has 1 amide bonds. The molecule has 7 rings (SSSR count). The number of carbonyl (C=O) groups is 1. The smallest absolute Gasteiger partial charge is 0.261 e. The minimum Gasteiger partial charge on any atom is -0.346 e. The van der Waals surface area contributed by atoms with Crippen molar-refractivity contribution < 1.29 is 4.79 Å². The van der Waals surface area contributed by atoms with E-state index in [4.69, 9.17) is 0 Å². The summed E-state index contributed by atoms with van der Waals surface area (Å²) in [7, 11) is 0. The second-order valence-corrected chi connectivity index (χ2v) is 9.65. The molecular formula is C21H24N2OS. The van der Waals surface area contributed by atoms with Gasteiger partial charge in [0.25, 0.3) is 5.91 Å². The van der Waals surface area contributed by atoms with Crippen molar-refractivity contribution in [3.8, 4) is 0 Å². The molecule has 1 spiro atoms. The maximum absolute atomic E-state index is 13.0. The standard InChI is InChI=1S/C21H24N2OS/c24-20(22-19-14-5-9-23(10-6-14)21(19)7-8-21)18-12-16-11-15(13-1-2-13)3-4-17(16)25-18/h3-4,11-14,19H,1-2,5-10H2,(H,22,24)/t19-/m1/s1. The van der Waals surface area contributed by atoms with Crippen molar-refractivity contribution in [1.82, 2.24) is 10.2 Å². The molecule has 130 valence electrons. The number of carbonyl (C=O) groups excluding carboxylic acids is 1. The first-order valence-corrected chi connectivity index (χ1v) is 10.6. The third-order valence-corrected chi connectivity index (χ3v) is 8.20. The predicted octanol–water partition coefficient (Wildman–Crippen LogP) is 4.14. The predicted molar refractivity (Wildman–Crippen MR) is 101 cm³/mol. The number of nitrogens with zero attached hydrogens (tertiary/aromatic N) is 1. The summed E-state index contributed by atoms with van der Waals surface area (Å²) in [6, 6.07) is 9.25. The van der Waals surface area contributed by atoms with Crippen LogP contribution in [0.15, 0.2) is 24.3 Å². The van der Waals surface area contributed by atoms with E-state index < -0.39 is 0 Å². The molecule has 25 heavy (non-hydrogen) atoms. The SMILES string of the molecule is O=C(N[C@@H]1C2CCN(CC2)C12CC2)c1cc2cc(C3CC3)ccc2s1. The van der Waals surface area contributed by atoms with E-state index >= 15 is 0 Å². The third-order valence-electron chi connectivity index (χ3n) is 7.08. The van der Waals surface area contributed by atoms with Gasteiger partial charge < -0.3 is 5.32 Å². The van der Waals surface area contributed by atoms with Crippen molar-refractivity contribution in [2.45, 2.75) is 56.0 Å². The molecule has 0 radical (unpaired) electrons. The van der Waals surface area contributed by atoms with Crippen molar-refractivity contribution >= 4 is 27.3 Å². The zero-order valence-electron chi connectivity index (χ0n) is 14.5. The molecule has 1 N–H and O–H groups in total. The average molecular weight is 353 g/mol. The van der Waals surface area contributed by atoms with E-state index in [2.05, 4.69) is 34.5 Å². The zero-order chi connectivity index (χ0) is 16.6. The minimum atomic E-state index is 0.152. The van der Waals surface area contributed by atoms with Gasteiger partial charge in [0.05, 0.1) is 10.9 Å². The van der Waals surface area contributed by atoms with Crippen molar-refractivity contribution in [2.75, 3.05) is 13.1 Å². The number of hydrogen-bond acceptors (Lipinski definition) is 3. The van der Waals surface area contributed by atoms with E-state index in [1.807, 2.05) is 0 Å². The minimum absolute atomic E-state index is 0.152. The summed E-state index contributed by atoms with van der Waals surface area (Å²) in [5, 5.41) is 4.70. The number of rotatable bonds is 3. The summed E-state index contributed by atoms with van der Waals surface area (Å²) in [5.41, 5.74) is 1.76. The molecule has 2 aromatic rings. The first-order valence-electron chi connectivity index (χ1n) is 9.82. The Morgan fingerprint density at radius 2 is 1.92 bits per heavy atom. The lowest BCUT2D eigenvalue weighted by Crippen LogP contribution is -2.65. The van der Waals surface area contributed by atoms with Gasteiger partial charge in [-0.25, -0.2) is 0 Å². The fourth-order valence-corrected chi connectivity index (χ4v) is 6.32. The highest BCUT2D eigenvalue weighted by Gasteiger charge is 2.60. The Bertz CT molecular complexity index is 856. The van der Waals surface area contributed by atoms with Crippen LogP contribution in [0.3, 0.4) is 0 Å². The van der Waals surface area contributed by atoms with Gasteiger partial charge in [-0.2, -0.15) is 0 Å². The fourth-order valence-electron chi connectivity index (χ4n) is 5.38. The van der Waals surface area contributed by atoms with E-state index in [1.165, 1.54) is 67.3 Å². The highest BCUT2D eigenvalue weighted by Crippen LogP contribution is 2.53. The number of benzene rings is 1. The molecule has 0 unspecified atom stereocenters. The van der Waals surface area contributed by atoms with Crippen LogP contribution in [-0.2, 0) is 0 Å². The highest BCUT2D eigenvalue weighted by molar-refractivity contribution is 7.20. The number of fused-ring (bicyclic) bond motifs is 3. The van der Waals surface area contributed by atoms with E-state index in [0.29, 0.717) is 17.5 Å². The van der Waals surface area contributed by atoms with Crippen LogP contribution < -0.4 is 5.32 Å². The average Bonchev–Trinajstić information content (AvgIpc) is 3.56. The van der Waals surface area contributed by atoms with Gasteiger partial charge in [0, 0.05) is 10.2 Å². The van der Waals surface area contributed by atoms with Crippen LogP contribution in [0.5, 0.6) is 0 Å². The lowest BCUT2D eigenvalue weighted by molar-refractivity contribution is -0.00138.